The van der Waals surface area contributed by atoms with Crippen molar-refractivity contribution in [1.82, 2.24) is 30.4 Å². The van der Waals surface area contributed by atoms with Crippen LogP contribution in [0.2, 0.25) is 0 Å². The van der Waals surface area contributed by atoms with Crippen molar-refractivity contribution < 1.29 is 27.5 Å². The fourth-order valence-corrected chi connectivity index (χ4v) is 5.99. The molecule has 5 rings (SSSR count). The number of carbonyl (C=O) groups excluding carboxylic acids is 2. The summed E-state index contributed by atoms with van der Waals surface area (Å²) in [5.74, 6) is -0.590. The monoisotopic (exact) mass is 534 g/mol. The number of nitrogens with zero attached hydrogens (tertiary/aromatic N) is 4. The summed E-state index contributed by atoms with van der Waals surface area (Å²) in [5, 5.41) is 10.1. The van der Waals surface area contributed by atoms with E-state index >= 15 is 0 Å². The first-order valence-corrected chi connectivity index (χ1v) is 13.2. The molecule has 38 heavy (non-hydrogen) atoms. The van der Waals surface area contributed by atoms with Gasteiger partial charge in [-0.05, 0) is 77.3 Å². The molecule has 2 saturated carbocycles. The van der Waals surface area contributed by atoms with Gasteiger partial charge >= 0.3 is 6.18 Å². The summed E-state index contributed by atoms with van der Waals surface area (Å²) < 4.78 is 46.0. The van der Waals surface area contributed by atoms with E-state index in [1.54, 1.807) is 19.1 Å². The smallest absolute Gasteiger partial charge is 0.366 e. The molecule has 3 aliphatic rings. The minimum Gasteiger partial charge on any atom is -0.366 e. The molecule has 0 unspecified atom stereocenters. The lowest BCUT2D eigenvalue weighted by Gasteiger charge is -2.42. The number of halogens is 3. The number of aromatic nitrogens is 4. The standard InChI is InChI=1S/C26H33F3N6O3/c1-3-38-25(26(27,28)29)7-4-18(5-8-25)32-22(36)17-6-11-35(24(14-17)9-10-24)23(37)21-13-20(33-34-21)19-12-16(2)30-15-31-19/h12-13,15,17-18H,3-11,14H2,1-2H3,(H,32,36)(H,33,34)/t17-,18-,25+/m0/s1. The van der Waals surface area contributed by atoms with E-state index in [-0.39, 0.29) is 61.6 Å². The van der Waals surface area contributed by atoms with E-state index in [1.807, 2.05) is 11.8 Å². The van der Waals surface area contributed by atoms with Crippen molar-refractivity contribution in [2.75, 3.05) is 13.2 Å². The number of nitrogens with one attached hydrogen (secondary N) is 2. The fourth-order valence-electron chi connectivity index (χ4n) is 5.99. The van der Waals surface area contributed by atoms with Crippen molar-refractivity contribution in [2.45, 2.75) is 88.6 Å². The largest absolute Gasteiger partial charge is 0.417 e. The van der Waals surface area contributed by atoms with Crippen LogP contribution in [0.5, 0.6) is 0 Å². The van der Waals surface area contributed by atoms with Gasteiger partial charge in [-0.15, -0.1) is 0 Å². The maximum Gasteiger partial charge on any atom is 0.417 e. The number of aryl methyl sites for hydroxylation is 1. The highest BCUT2D eigenvalue weighted by atomic mass is 19.4. The van der Waals surface area contributed by atoms with Crippen LogP contribution in [-0.4, -0.2) is 73.4 Å². The molecule has 2 aliphatic carbocycles. The first-order chi connectivity index (χ1) is 18.1. The van der Waals surface area contributed by atoms with E-state index in [4.69, 9.17) is 4.74 Å². The summed E-state index contributed by atoms with van der Waals surface area (Å²) in [7, 11) is 0. The van der Waals surface area contributed by atoms with Gasteiger partial charge in [0, 0.05) is 36.3 Å². The van der Waals surface area contributed by atoms with Crippen LogP contribution < -0.4 is 5.32 Å². The highest BCUT2D eigenvalue weighted by Crippen LogP contribution is 2.51. The van der Waals surface area contributed by atoms with Gasteiger partial charge in [-0.25, -0.2) is 9.97 Å². The molecule has 2 aromatic rings. The Kier molecular flexibility index (Phi) is 6.95. The number of ether oxygens (including phenoxy) is 1. The molecular formula is C26H33F3N6O3. The van der Waals surface area contributed by atoms with Crippen molar-refractivity contribution in [3.05, 3.63) is 29.8 Å². The van der Waals surface area contributed by atoms with Crippen molar-refractivity contribution in [1.29, 1.82) is 0 Å². The second-order valence-corrected chi connectivity index (χ2v) is 10.8. The van der Waals surface area contributed by atoms with Crippen LogP contribution in [0, 0.1) is 12.8 Å². The van der Waals surface area contributed by atoms with Crippen molar-refractivity contribution in [3.8, 4) is 11.4 Å². The van der Waals surface area contributed by atoms with Gasteiger partial charge in [0.1, 0.15) is 6.33 Å². The second-order valence-electron chi connectivity index (χ2n) is 10.8. The first kappa shape index (κ1) is 26.6. The molecule has 2 N–H and O–H groups in total. The van der Waals surface area contributed by atoms with Crippen LogP contribution >= 0.6 is 0 Å². The van der Waals surface area contributed by atoms with E-state index in [1.165, 1.54) is 6.33 Å². The molecule has 0 radical (unpaired) electrons. The predicted octanol–water partition coefficient (Wildman–Crippen LogP) is 3.96. The lowest BCUT2D eigenvalue weighted by atomic mass is 9.80. The Bertz CT molecular complexity index is 1190. The summed E-state index contributed by atoms with van der Waals surface area (Å²) in [4.78, 5) is 36.6. The molecule has 3 heterocycles. The molecule has 0 bridgehead atoms. The van der Waals surface area contributed by atoms with Gasteiger partial charge in [-0.1, -0.05) is 0 Å². The SMILES string of the molecule is CCO[C@]1(C(F)(F)F)CC[C@H](NC(=O)[C@H]2CCN(C(=O)c3cc(-c4cc(C)ncn4)[nH]n3)C3(CC3)C2)CC1. The number of piperidine rings is 1. The third-order valence-electron chi connectivity index (χ3n) is 8.30. The van der Waals surface area contributed by atoms with Crippen LogP contribution in [0.3, 0.4) is 0 Å². The molecule has 12 heteroatoms. The third kappa shape index (κ3) is 5.02. The van der Waals surface area contributed by atoms with E-state index in [2.05, 4.69) is 25.5 Å². The van der Waals surface area contributed by atoms with Crippen LogP contribution in [-0.2, 0) is 9.53 Å². The zero-order valence-corrected chi connectivity index (χ0v) is 21.6. The number of hydrogen-bond donors (Lipinski definition) is 2. The second kappa shape index (κ2) is 9.94. The normalized spacial score (nSPS) is 26.8. The highest BCUT2D eigenvalue weighted by molar-refractivity contribution is 5.94. The van der Waals surface area contributed by atoms with Crippen LogP contribution in [0.4, 0.5) is 13.2 Å². The Labute approximate surface area is 218 Å². The Morgan fingerprint density at radius 3 is 2.53 bits per heavy atom. The fraction of sp³-hybridized carbons (Fsp3) is 0.654. The van der Waals surface area contributed by atoms with Gasteiger partial charge < -0.3 is 15.0 Å². The van der Waals surface area contributed by atoms with Crippen LogP contribution in [0.25, 0.3) is 11.4 Å². The number of H-pyrrole nitrogens is 1. The van der Waals surface area contributed by atoms with Gasteiger partial charge in [-0.2, -0.15) is 18.3 Å². The van der Waals surface area contributed by atoms with Crippen molar-refractivity contribution in [3.63, 3.8) is 0 Å². The molecule has 206 valence electrons. The number of aromatic amines is 1. The van der Waals surface area contributed by atoms with Crippen molar-refractivity contribution in [2.24, 2.45) is 5.92 Å². The number of alkyl halides is 3. The van der Waals surface area contributed by atoms with E-state index in [0.29, 0.717) is 36.5 Å². The molecule has 0 aromatic carbocycles. The number of likely N-dealkylation sites (tertiary alicyclic amines) is 1. The zero-order chi connectivity index (χ0) is 27.1. The minimum atomic E-state index is -4.43. The van der Waals surface area contributed by atoms with Gasteiger partial charge in [0.25, 0.3) is 5.91 Å². The Hall–Kier alpha value is -3.02. The number of rotatable bonds is 6. The third-order valence-corrected chi connectivity index (χ3v) is 8.30. The quantitative estimate of drug-likeness (QED) is 0.580. The van der Waals surface area contributed by atoms with Crippen LogP contribution in [0.1, 0.15) is 74.5 Å². The molecule has 1 atom stereocenters. The summed E-state index contributed by atoms with van der Waals surface area (Å²) in [6.45, 7) is 3.85. The maximum absolute atomic E-state index is 13.6. The van der Waals surface area contributed by atoms with Crippen LogP contribution in [0.15, 0.2) is 18.5 Å². The highest BCUT2D eigenvalue weighted by Gasteiger charge is 2.57. The summed E-state index contributed by atoms with van der Waals surface area (Å²) in [5.41, 5.74) is -0.103. The lowest BCUT2D eigenvalue weighted by Crippen LogP contribution is -2.55. The summed E-state index contributed by atoms with van der Waals surface area (Å²) >= 11 is 0. The molecule has 2 aromatic heterocycles. The zero-order valence-electron chi connectivity index (χ0n) is 21.6. The Morgan fingerprint density at radius 2 is 1.89 bits per heavy atom. The Balaban J connectivity index is 1.18. The summed E-state index contributed by atoms with van der Waals surface area (Å²) in [6.07, 6.45) is -0.168. The lowest BCUT2D eigenvalue weighted by molar-refractivity contribution is -0.287. The number of carbonyl (C=O) groups is 2. The molecule has 1 spiro atoms. The maximum atomic E-state index is 13.6. The van der Waals surface area contributed by atoms with E-state index in [9.17, 15) is 22.8 Å². The average Bonchev–Trinajstić information content (AvgIpc) is 3.45. The molecule has 9 nitrogen and oxygen atoms in total. The van der Waals surface area contributed by atoms with E-state index < -0.39 is 11.8 Å². The molecule has 1 aliphatic heterocycles. The molecule has 2 amide bonds. The average molecular weight is 535 g/mol. The van der Waals surface area contributed by atoms with Gasteiger partial charge in [0.05, 0.1) is 11.4 Å². The van der Waals surface area contributed by atoms with Gasteiger partial charge in [0.15, 0.2) is 11.3 Å². The summed E-state index contributed by atoms with van der Waals surface area (Å²) in [6, 6.07) is 3.19. The molecule has 1 saturated heterocycles. The van der Waals surface area contributed by atoms with E-state index in [0.717, 1.165) is 18.5 Å². The first-order valence-electron chi connectivity index (χ1n) is 13.2. The van der Waals surface area contributed by atoms with Crippen molar-refractivity contribution >= 4 is 11.8 Å². The number of hydrogen-bond acceptors (Lipinski definition) is 6. The van der Waals surface area contributed by atoms with Gasteiger partial charge in [0.2, 0.25) is 5.91 Å². The Morgan fingerprint density at radius 1 is 1.16 bits per heavy atom. The minimum absolute atomic E-state index is 0.00417. The number of amides is 2. The van der Waals surface area contributed by atoms with Gasteiger partial charge in [-0.3, -0.25) is 14.7 Å². The topological polar surface area (TPSA) is 113 Å². The molecule has 3 fully saturated rings. The molecular weight excluding hydrogens is 501 g/mol. The predicted molar refractivity (Wildman–Crippen MR) is 131 cm³/mol.